The van der Waals surface area contributed by atoms with Crippen LogP contribution in [0.2, 0.25) is 0 Å². The van der Waals surface area contributed by atoms with E-state index >= 15 is 0 Å². The van der Waals surface area contributed by atoms with Crippen LogP contribution in [0.25, 0.3) is 10.2 Å². The van der Waals surface area contributed by atoms with Gasteiger partial charge in [0.2, 0.25) is 0 Å². The van der Waals surface area contributed by atoms with Gasteiger partial charge in [-0.2, -0.15) is 0 Å². The Morgan fingerprint density at radius 3 is 2.52 bits per heavy atom. The molecule has 0 bridgehead atoms. The molecule has 31 heavy (non-hydrogen) atoms. The number of benzene rings is 3. The number of carbonyl (C=O) groups excluding carboxylic acids is 1. The minimum absolute atomic E-state index is 0.0392. The number of halogens is 1. The molecule has 0 saturated carbocycles. The lowest BCUT2D eigenvalue weighted by Crippen LogP contribution is -2.34. The third-order valence-corrected chi connectivity index (χ3v) is 6.03. The van der Waals surface area contributed by atoms with Crippen molar-refractivity contribution in [1.29, 1.82) is 0 Å². The molecule has 0 unspecified atom stereocenters. The van der Waals surface area contributed by atoms with Gasteiger partial charge in [-0.1, -0.05) is 59.9 Å². The number of aryl methyl sites for hydroxylation is 1. The molecule has 0 aliphatic rings. The lowest BCUT2D eigenvalue weighted by Gasteiger charge is -2.20. The van der Waals surface area contributed by atoms with E-state index in [0.29, 0.717) is 22.9 Å². The zero-order valence-corrected chi connectivity index (χ0v) is 18.0. The Balaban J connectivity index is 1.67. The van der Waals surface area contributed by atoms with Gasteiger partial charge in [-0.15, -0.1) is 0 Å². The van der Waals surface area contributed by atoms with E-state index in [2.05, 4.69) is 0 Å². The minimum atomic E-state index is -0.509. The number of aromatic nitrogens is 1. The number of nitrogens with zero attached hydrogens (tertiary/aromatic N) is 2. The number of methoxy groups -OCH3 is 1. The van der Waals surface area contributed by atoms with E-state index in [4.69, 9.17) is 14.5 Å². The van der Waals surface area contributed by atoms with Gasteiger partial charge in [0, 0.05) is 0 Å². The number of amides is 1. The van der Waals surface area contributed by atoms with E-state index in [0.717, 1.165) is 15.8 Å². The predicted molar refractivity (Wildman–Crippen MR) is 120 cm³/mol. The Morgan fingerprint density at radius 1 is 1.03 bits per heavy atom. The number of hydrogen-bond donors (Lipinski definition) is 0. The lowest BCUT2D eigenvalue weighted by molar-refractivity contribution is -0.120. The summed E-state index contributed by atoms with van der Waals surface area (Å²) in [6, 6.07) is 19.5. The normalized spacial score (nSPS) is 10.8. The monoisotopic (exact) mass is 436 g/mol. The Morgan fingerprint density at radius 2 is 1.77 bits per heavy atom. The van der Waals surface area contributed by atoms with E-state index < -0.39 is 5.82 Å². The molecule has 0 saturated heterocycles. The highest BCUT2D eigenvalue weighted by atomic mass is 32.1. The fourth-order valence-electron chi connectivity index (χ4n) is 3.19. The molecule has 1 aromatic heterocycles. The van der Waals surface area contributed by atoms with Crippen LogP contribution in [0.4, 0.5) is 9.52 Å². The first kappa shape index (κ1) is 20.8. The van der Waals surface area contributed by atoms with Gasteiger partial charge in [0.15, 0.2) is 23.3 Å². The van der Waals surface area contributed by atoms with Crippen LogP contribution in [-0.4, -0.2) is 24.6 Å². The molecule has 1 amide bonds. The average Bonchev–Trinajstić information content (AvgIpc) is 3.24. The number of thiazole rings is 1. The van der Waals surface area contributed by atoms with Crippen molar-refractivity contribution in [1.82, 2.24) is 4.98 Å². The maximum atomic E-state index is 13.9. The molecule has 0 spiro atoms. The van der Waals surface area contributed by atoms with Crippen molar-refractivity contribution in [2.45, 2.75) is 13.5 Å². The Labute approximate surface area is 183 Å². The summed E-state index contributed by atoms with van der Waals surface area (Å²) in [6.45, 7) is 2.01. The second-order valence-corrected chi connectivity index (χ2v) is 7.92. The Bertz CT molecular complexity index is 1210. The first-order valence-electron chi connectivity index (χ1n) is 9.72. The zero-order valence-electron chi connectivity index (χ0n) is 17.2. The fourth-order valence-corrected chi connectivity index (χ4v) is 4.25. The molecule has 0 N–H and O–H groups in total. The molecule has 7 heteroatoms. The third-order valence-electron chi connectivity index (χ3n) is 4.82. The number of para-hydroxylation sites is 1. The van der Waals surface area contributed by atoms with Crippen LogP contribution in [0.15, 0.2) is 66.7 Å². The van der Waals surface area contributed by atoms with E-state index in [1.807, 2.05) is 49.4 Å². The van der Waals surface area contributed by atoms with E-state index in [1.54, 1.807) is 24.1 Å². The molecule has 0 aliphatic carbocycles. The van der Waals surface area contributed by atoms with Gasteiger partial charge in [0.25, 0.3) is 5.91 Å². The molecule has 0 aliphatic heterocycles. The van der Waals surface area contributed by atoms with Crippen molar-refractivity contribution in [2.75, 3.05) is 18.6 Å². The van der Waals surface area contributed by atoms with E-state index in [9.17, 15) is 9.18 Å². The number of hydrogen-bond acceptors (Lipinski definition) is 5. The van der Waals surface area contributed by atoms with Gasteiger partial charge in [0.05, 0.1) is 18.4 Å². The fraction of sp³-hybridized carbons (Fsp3) is 0.167. The van der Waals surface area contributed by atoms with Crippen LogP contribution in [0.3, 0.4) is 0 Å². The Kier molecular flexibility index (Phi) is 6.13. The van der Waals surface area contributed by atoms with Gasteiger partial charge >= 0.3 is 0 Å². The van der Waals surface area contributed by atoms with Crippen molar-refractivity contribution < 1.29 is 18.7 Å². The second kappa shape index (κ2) is 9.14. The molecule has 4 aromatic rings. The molecule has 0 radical (unpaired) electrons. The van der Waals surface area contributed by atoms with Crippen LogP contribution in [0, 0.1) is 12.7 Å². The Hall–Kier alpha value is -3.45. The number of anilines is 1. The minimum Gasteiger partial charge on any atom is -0.494 e. The van der Waals surface area contributed by atoms with Crippen LogP contribution >= 0.6 is 11.3 Å². The molecule has 1 heterocycles. The summed E-state index contributed by atoms with van der Waals surface area (Å²) in [4.78, 5) is 19.4. The molecule has 0 fully saturated rings. The van der Waals surface area contributed by atoms with Crippen LogP contribution in [0.1, 0.15) is 11.1 Å². The molecule has 5 nitrogen and oxygen atoms in total. The summed E-state index contributed by atoms with van der Waals surface area (Å²) in [6.07, 6.45) is 0. The average molecular weight is 437 g/mol. The highest BCUT2D eigenvalue weighted by molar-refractivity contribution is 7.22. The summed E-state index contributed by atoms with van der Waals surface area (Å²) >= 11 is 1.42. The summed E-state index contributed by atoms with van der Waals surface area (Å²) in [7, 11) is 1.60. The van der Waals surface area contributed by atoms with Crippen LogP contribution < -0.4 is 14.4 Å². The molecule has 3 aromatic carbocycles. The van der Waals surface area contributed by atoms with Crippen molar-refractivity contribution >= 4 is 32.6 Å². The molecule has 0 atom stereocenters. The summed E-state index contributed by atoms with van der Waals surface area (Å²) in [5.74, 6) is -0.136. The second-order valence-electron chi connectivity index (χ2n) is 6.94. The van der Waals surface area contributed by atoms with Gasteiger partial charge in [-0.05, 0) is 36.2 Å². The smallest absolute Gasteiger partial charge is 0.267 e. The third kappa shape index (κ3) is 4.51. The summed E-state index contributed by atoms with van der Waals surface area (Å²) in [5.41, 5.74) is 2.71. The molecular weight excluding hydrogens is 415 g/mol. The van der Waals surface area contributed by atoms with Gasteiger partial charge in [-0.3, -0.25) is 9.69 Å². The van der Waals surface area contributed by atoms with Crippen molar-refractivity contribution in [2.24, 2.45) is 0 Å². The maximum Gasteiger partial charge on any atom is 0.267 e. The molecule has 158 valence electrons. The van der Waals surface area contributed by atoms with Crippen LogP contribution in [0.5, 0.6) is 11.5 Å². The zero-order chi connectivity index (χ0) is 21.8. The largest absolute Gasteiger partial charge is 0.494 e. The van der Waals surface area contributed by atoms with Gasteiger partial charge in [0.1, 0.15) is 11.3 Å². The first-order chi connectivity index (χ1) is 15.1. The van der Waals surface area contributed by atoms with E-state index in [1.165, 1.54) is 23.5 Å². The van der Waals surface area contributed by atoms with Crippen molar-refractivity contribution in [3.05, 3.63) is 83.7 Å². The number of rotatable bonds is 7. The van der Waals surface area contributed by atoms with Crippen LogP contribution in [-0.2, 0) is 11.3 Å². The standard InChI is InChI=1S/C24H21FN2O3S/c1-16-12-13-20(29-2)22-23(16)31-24(26-22)27(14-17-8-4-3-5-9-17)21(28)15-30-19-11-7-6-10-18(19)25/h3-13H,14-15H2,1-2H3. The molecular formula is C24H21FN2O3S. The van der Waals surface area contributed by atoms with Crippen molar-refractivity contribution in [3.8, 4) is 11.5 Å². The molecule has 4 rings (SSSR count). The summed E-state index contributed by atoms with van der Waals surface area (Å²) in [5, 5.41) is 0.536. The van der Waals surface area contributed by atoms with E-state index in [-0.39, 0.29) is 18.3 Å². The highest BCUT2D eigenvalue weighted by Crippen LogP contribution is 2.37. The lowest BCUT2D eigenvalue weighted by atomic mass is 10.2. The predicted octanol–water partition coefficient (Wildman–Crippen LogP) is 5.36. The first-order valence-corrected chi connectivity index (χ1v) is 10.5. The van der Waals surface area contributed by atoms with Crippen molar-refractivity contribution in [3.63, 3.8) is 0 Å². The number of fused-ring (bicyclic) bond motifs is 1. The SMILES string of the molecule is COc1ccc(C)c2sc(N(Cc3ccccc3)C(=O)COc3ccccc3F)nc12. The number of ether oxygens (including phenoxy) is 2. The number of carbonyl (C=O) groups is 1. The van der Waals surface area contributed by atoms with Gasteiger partial charge in [-0.25, -0.2) is 9.37 Å². The van der Waals surface area contributed by atoms with Gasteiger partial charge < -0.3 is 9.47 Å². The highest BCUT2D eigenvalue weighted by Gasteiger charge is 2.23. The topological polar surface area (TPSA) is 51.7 Å². The quantitative estimate of drug-likeness (QED) is 0.391. The summed E-state index contributed by atoms with van der Waals surface area (Å²) < 4.78 is 25.8. The maximum absolute atomic E-state index is 13.9.